The van der Waals surface area contributed by atoms with Gasteiger partial charge in [0, 0.05) is 18.3 Å². The summed E-state index contributed by atoms with van der Waals surface area (Å²) < 4.78 is 63.2. The summed E-state index contributed by atoms with van der Waals surface area (Å²) in [5.74, 6) is 0. The zero-order chi connectivity index (χ0) is 15.7. The molecule has 2 rings (SSSR count). The average Bonchev–Trinajstić information content (AvgIpc) is 3.19. The number of anilines is 1. The predicted octanol–water partition coefficient (Wildman–Crippen LogP) is 1.63. The lowest BCUT2D eigenvalue weighted by molar-refractivity contribution is -0.121. The summed E-state index contributed by atoms with van der Waals surface area (Å²) in [6.45, 7) is -1.54. The van der Waals surface area contributed by atoms with Crippen molar-refractivity contribution >= 4 is 15.9 Å². The van der Waals surface area contributed by atoms with Crippen molar-refractivity contribution in [2.24, 2.45) is 0 Å². The molecule has 21 heavy (non-hydrogen) atoms. The second-order valence-electron chi connectivity index (χ2n) is 4.96. The molecule has 0 spiro atoms. The molecule has 0 radical (unpaired) electrons. The van der Waals surface area contributed by atoms with Crippen LogP contribution in [0.1, 0.15) is 18.4 Å². The molecule has 1 aromatic carbocycles. The number of hydrogen-bond donors (Lipinski definition) is 2. The summed E-state index contributed by atoms with van der Waals surface area (Å²) in [6, 6.07) is 6.31. The molecule has 3 N–H and O–H groups in total. The van der Waals surface area contributed by atoms with Gasteiger partial charge >= 0.3 is 6.18 Å². The van der Waals surface area contributed by atoms with Crippen molar-refractivity contribution in [3.05, 3.63) is 29.8 Å². The number of alkyl halides is 3. The number of benzene rings is 1. The van der Waals surface area contributed by atoms with E-state index in [9.17, 15) is 21.6 Å². The van der Waals surface area contributed by atoms with E-state index in [1.807, 2.05) is 0 Å². The SMILES string of the molecule is Nc1ccc(CN(C2CC2)S(=O)(=O)NCC(F)(F)F)cc1. The molecule has 1 saturated carbocycles. The molecule has 1 aliphatic carbocycles. The Balaban J connectivity index is 2.09. The van der Waals surface area contributed by atoms with Gasteiger partial charge in [-0.3, -0.25) is 0 Å². The van der Waals surface area contributed by atoms with Crippen LogP contribution in [0.3, 0.4) is 0 Å². The van der Waals surface area contributed by atoms with Gasteiger partial charge in [-0.1, -0.05) is 12.1 Å². The molecule has 1 fully saturated rings. The summed E-state index contributed by atoms with van der Waals surface area (Å²) in [5.41, 5.74) is 6.75. The van der Waals surface area contributed by atoms with E-state index in [0.29, 0.717) is 24.1 Å². The van der Waals surface area contributed by atoms with E-state index in [0.717, 1.165) is 4.31 Å². The van der Waals surface area contributed by atoms with E-state index in [2.05, 4.69) is 0 Å². The second-order valence-corrected chi connectivity index (χ2v) is 6.67. The Kier molecular flexibility index (Phi) is 4.45. The highest BCUT2D eigenvalue weighted by Crippen LogP contribution is 2.30. The Labute approximate surface area is 121 Å². The lowest BCUT2D eigenvalue weighted by atomic mass is 10.2. The van der Waals surface area contributed by atoms with Gasteiger partial charge in [0.25, 0.3) is 10.2 Å². The molecular formula is C12H16F3N3O2S. The van der Waals surface area contributed by atoms with E-state index in [4.69, 9.17) is 5.73 Å². The minimum absolute atomic E-state index is 0.0259. The van der Waals surface area contributed by atoms with Crippen molar-refractivity contribution in [1.29, 1.82) is 0 Å². The largest absolute Gasteiger partial charge is 0.402 e. The Morgan fingerprint density at radius 2 is 1.81 bits per heavy atom. The first kappa shape index (κ1) is 16.1. The van der Waals surface area contributed by atoms with Crippen molar-refractivity contribution in [3.63, 3.8) is 0 Å². The molecule has 1 aliphatic rings. The lowest BCUT2D eigenvalue weighted by Gasteiger charge is -2.22. The highest BCUT2D eigenvalue weighted by molar-refractivity contribution is 7.87. The Morgan fingerprint density at radius 1 is 1.24 bits per heavy atom. The minimum Gasteiger partial charge on any atom is -0.399 e. The second kappa shape index (κ2) is 5.82. The fourth-order valence-electron chi connectivity index (χ4n) is 1.83. The Morgan fingerprint density at radius 3 is 2.29 bits per heavy atom. The van der Waals surface area contributed by atoms with Gasteiger partial charge in [-0.25, -0.2) is 0 Å². The summed E-state index contributed by atoms with van der Waals surface area (Å²) >= 11 is 0. The number of nitrogens with one attached hydrogen (secondary N) is 1. The number of nitrogens with zero attached hydrogens (tertiary/aromatic N) is 1. The van der Waals surface area contributed by atoms with Crippen LogP contribution in [-0.2, 0) is 16.8 Å². The summed E-state index contributed by atoms with van der Waals surface area (Å²) in [6.07, 6.45) is -3.27. The molecule has 0 aliphatic heterocycles. The van der Waals surface area contributed by atoms with Crippen LogP contribution in [0.5, 0.6) is 0 Å². The third kappa shape index (κ3) is 4.87. The molecule has 0 atom stereocenters. The predicted molar refractivity (Wildman–Crippen MR) is 72.4 cm³/mol. The summed E-state index contributed by atoms with van der Waals surface area (Å²) in [4.78, 5) is 0. The highest BCUT2D eigenvalue weighted by Gasteiger charge is 2.39. The third-order valence-electron chi connectivity index (χ3n) is 3.04. The molecule has 5 nitrogen and oxygen atoms in total. The molecule has 0 bridgehead atoms. The van der Waals surface area contributed by atoms with Crippen LogP contribution in [0.2, 0.25) is 0 Å². The fraction of sp³-hybridized carbons (Fsp3) is 0.500. The quantitative estimate of drug-likeness (QED) is 0.781. The number of nitrogens with two attached hydrogens (primary N) is 1. The summed E-state index contributed by atoms with van der Waals surface area (Å²) in [7, 11) is -4.17. The minimum atomic E-state index is -4.58. The van der Waals surface area contributed by atoms with Gasteiger partial charge in [0.2, 0.25) is 0 Å². The van der Waals surface area contributed by atoms with Gasteiger partial charge in [0.15, 0.2) is 0 Å². The first-order valence-corrected chi connectivity index (χ1v) is 7.79. The summed E-state index contributed by atoms with van der Waals surface area (Å²) in [5, 5.41) is 0. The molecule has 0 saturated heterocycles. The first-order valence-electron chi connectivity index (χ1n) is 6.35. The van der Waals surface area contributed by atoms with Crippen molar-refractivity contribution in [2.45, 2.75) is 31.6 Å². The van der Waals surface area contributed by atoms with Crippen LogP contribution < -0.4 is 10.5 Å². The lowest BCUT2D eigenvalue weighted by Crippen LogP contribution is -2.44. The fourth-order valence-corrected chi connectivity index (χ4v) is 3.27. The number of nitrogen functional groups attached to an aromatic ring is 1. The first-order chi connectivity index (χ1) is 9.67. The molecule has 0 aromatic heterocycles. The standard InChI is InChI=1S/C12H16F3N3O2S/c13-12(14,15)8-17-21(19,20)18(11-5-6-11)7-9-1-3-10(16)4-2-9/h1-4,11,17H,5-8,16H2. The van der Waals surface area contributed by atoms with E-state index < -0.39 is 22.9 Å². The van der Waals surface area contributed by atoms with Crippen molar-refractivity contribution < 1.29 is 21.6 Å². The molecule has 118 valence electrons. The van der Waals surface area contributed by atoms with Crippen molar-refractivity contribution in [1.82, 2.24) is 9.03 Å². The smallest absolute Gasteiger partial charge is 0.399 e. The number of hydrogen-bond acceptors (Lipinski definition) is 3. The van der Waals surface area contributed by atoms with Crippen LogP contribution in [0.4, 0.5) is 18.9 Å². The normalized spacial score (nSPS) is 16.4. The molecule has 1 aromatic rings. The van der Waals surface area contributed by atoms with Gasteiger partial charge in [0.05, 0.1) is 0 Å². The van der Waals surface area contributed by atoms with Crippen LogP contribution in [0.15, 0.2) is 24.3 Å². The average molecular weight is 323 g/mol. The zero-order valence-electron chi connectivity index (χ0n) is 11.1. The monoisotopic (exact) mass is 323 g/mol. The van der Waals surface area contributed by atoms with E-state index in [1.54, 1.807) is 29.0 Å². The number of halogens is 3. The highest BCUT2D eigenvalue weighted by atomic mass is 32.2. The Bertz CT molecular complexity index is 583. The van der Waals surface area contributed by atoms with Crippen LogP contribution >= 0.6 is 0 Å². The molecule has 0 amide bonds. The van der Waals surface area contributed by atoms with Crippen LogP contribution in [0, 0.1) is 0 Å². The van der Waals surface area contributed by atoms with E-state index in [1.165, 1.54) is 0 Å². The van der Waals surface area contributed by atoms with E-state index >= 15 is 0 Å². The van der Waals surface area contributed by atoms with Crippen molar-refractivity contribution in [3.8, 4) is 0 Å². The molecular weight excluding hydrogens is 307 g/mol. The van der Waals surface area contributed by atoms with E-state index in [-0.39, 0.29) is 12.6 Å². The molecule has 0 unspecified atom stereocenters. The van der Waals surface area contributed by atoms with Gasteiger partial charge in [-0.15, -0.1) is 0 Å². The van der Waals surface area contributed by atoms with Crippen LogP contribution in [0.25, 0.3) is 0 Å². The maximum absolute atomic E-state index is 12.2. The van der Waals surface area contributed by atoms with Gasteiger partial charge in [-0.2, -0.15) is 30.6 Å². The Hall–Kier alpha value is -1.32. The molecule has 0 heterocycles. The van der Waals surface area contributed by atoms with Crippen molar-refractivity contribution in [2.75, 3.05) is 12.3 Å². The van der Waals surface area contributed by atoms with Crippen LogP contribution in [-0.4, -0.2) is 31.5 Å². The van der Waals surface area contributed by atoms with Gasteiger partial charge in [0.1, 0.15) is 6.54 Å². The maximum Gasteiger partial charge on any atom is 0.402 e. The molecule has 9 heteroatoms. The zero-order valence-corrected chi connectivity index (χ0v) is 11.9. The maximum atomic E-state index is 12.2. The topological polar surface area (TPSA) is 75.4 Å². The number of rotatable bonds is 6. The van der Waals surface area contributed by atoms with Gasteiger partial charge < -0.3 is 5.73 Å². The van der Waals surface area contributed by atoms with Gasteiger partial charge in [-0.05, 0) is 30.5 Å². The third-order valence-corrected chi connectivity index (χ3v) is 4.59.